The van der Waals surface area contributed by atoms with E-state index in [1.165, 1.54) is 6.07 Å². The van der Waals surface area contributed by atoms with E-state index >= 15 is 0 Å². The van der Waals surface area contributed by atoms with Gasteiger partial charge in [0.25, 0.3) is 0 Å². The van der Waals surface area contributed by atoms with Crippen LogP contribution in [-0.2, 0) is 15.8 Å². The molecule has 3 N–H and O–H groups in total. The van der Waals surface area contributed by atoms with E-state index in [1.54, 1.807) is 0 Å². The fraction of sp³-hybridized carbons (Fsp3) is 0.533. The lowest BCUT2D eigenvalue weighted by atomic mass is 10.0. The SMILES string of the molecule is CCCCC[C@@H](CN(O)C=O)C(=O)NNc1cccc(C(F)(F)F)n1. The van der Waals surface area contributed by atoms with Crippen molar-refractivity contribution in [2.24, 2.45) is 5.92 Å². The molecule has 0 fully saturated rings. The van der Waals surface area contributed by atoms with Crippen molar-refractivity contribution in [1.82, 2.24) is 15.5 Å². The zero-order valence-electron chi connectivity index (χ0n) is 13.7. The molecule has 1 aromatic heterocycles. The van der Waals surface area contributed by atoms with E-state index in [9.17, 15) is 28.0 Å². The molecule has 1 atom stereocenters. The summed E-state index contributed by atoms with van der Waals surface area (Å²) in [7, 11) is 0. The molecule has 25 heavy (non-hydrogen) atoms. The van der Waals surface area contributed by atoms with E-state index in [1.807, 2.05) is 6.92 Å². The summed E-state index contributed by atoms with van der Waals surface area (Å²) in [6, 6.07) is 3.24. The van der Waals surface area contributed by atoms with Crippen LogP contribution in [0.25, 0.3) is 0 Å². The second-order valence-electron chi connectivity index (χ2n) is 5.44. The summed E-state index contributed by atoms with van der Waals surface area (Å²) in [4.78, 5) is 26.0. The minimum Gasteiger partial charge on any atom is -0.286 e. The van der Waals surface area contributed by atoms with Gasteiger partial charge < -0.3 is 0 Å². The zero-order valence-corrected chi connectivity index (χ0v) is 13.7. The second-order valence-corrected chi connectivity index (χ2v) is 5.44. The van der Waals surface area contributed by atoms with Crippen molar-refractivity contribution in [3.8, 4) is 0 Å². The molecule has 0 saturated carbocycles. The summed E-state index contributed by atoms with van der Waals surface area (Å²) in [6.07, 6.45) is -1.48. The molecule has 2 amide bonds. The van der Waals surface area contributed by atoms with E-state index < -0.39 is 23.7 Å². The third-order valence-electron chi connectivity index (χ3n) is 3.41. The van der Waals surface area contributed by atoms with E-state index in [-0.39, 0.29) is 18.8 Å². The summed E-state index contributed by atoms with van der Waals surface area (Å²) in [6.45, 7) is 1.77. The van der Waals surface area contributed by atoms with Gasteiger partial charge in [-0.25, -0.2) is 10.0 Å². The number of hydrazine groups is 1. The summed E-state index contributed by atoms with van der Waals surface area (Å²) in [5, 5.41) is 9.63. The van der Waals surface area contributed by atoms with Crippen molar-refractivity contribution >= 4 is 18.1 Å². The highest BCUT2D eigenvalue weighted by atomic mass is 19.4. The Hall–Kier alpha value is -2.36. The Bertz CT molecular complexity index is 569. The summed E-state index contributed by atoms with van der Waals surface area (Å²) in [5.41, 5.74) is 3.49. The number of unbranched alkanes of at least 4 members (excludes halogenated alkanes) is 2. The maximum atomic E-state index is 12.6. The van der Waals surface area contributed by atoms with E-state index in [0.29, 0.717) is 17.9 Å². The van der Waals surface area contributed by atoms with Gasteiger partial charge in [-0.3, -0.25) is 25.6 Å². The van der Waals surface area contributed by atoms with Gasteiger partial charge >= 0.3 is 6.18 Å². The number of nitrogens with zero attached hydrogens (tertiary/aromatic N) is 2. The van der Waals surface area contributed by atoms with Crippen molar-refractivity contribution in [2.75, 3.05) is 12.0 Å². The van der Waals surface area contributed by atoms with Crippen LogP contribution in [0.4, 0.5) is 19.0 Å². The van der Waals surface area contributed by atoms with Gasteiger partial charge in [0.05, 0.1) is 12.5 Å². The number of hydroxylamine groups is 2. The van der Waals surface area contributed by atoms with Crippen LogP contribution in [0.2, 0.25) is 0 Å². The molecule has 0 aliphatic heterocycles. The van der Waals surface area contributed by atoms with Crippen molar-refractivity contribution in [1.29, 1.82) is 0 Å². The largest absolute Gasteiger partial charge is 0.433 e. The van der Waals surface area contributed by atoms with Gasteiger partial charge in [0.15, 0.2) is 0 Å². The van der Waals surface area contributed by atoms with Gasteiger partial charge in [-0.1, -0.05) is 32.3 Å². The Labute approximate surface area is 143 Å². The van der Waals surface area contributed by atoms with E-state index in [4.69, 9.17) is 0 Å². The minimum atomic E-state index is -4.59. The van der Waals surface area contributed by atoms with Crippen LogP contribution in [0.5, 0.6) is 0 Å². The van der Waals surface area contributed by atoms with Crippen LogP contribution >= 0.6 is 0 Å². The number of carbonyl (C=O) groups excluding carboxylic acids is 2. The molecule has 140 valence electrons. The molecule has 0 saturated heterocycles. The highest BCUT2D eigenvalue weighted by Crippen LogP contribution is 2.28. The normalized spacial score (nSPS) is 12.4. The second kappa shape index (κ2) is 9.82. The Balaban J connectivity index is 2.68. The van der Waals surface area contributed by atoms with Crippen LogP contribution < -0.4 is 10.9 Å². The average molecular weight is 362 g/mol. The van der Waals surface area contributed by atoms with Crippen molar-refractivity contribution in [2.45, 2.75) is 38.8 Å². The standard InChI is InChI=1S/C15H21F3N4O3/c1-2-3-4-6-11(9-22(25)10-23)14(24)21-20-13-8-5-7-12(19-13)15(16,17)18/h5,7-8,10-11,25H,2-4,6,9H2,1H3,(H,19,20)(H,21,24)/t11-/m0/s1. The van der Waals surface area contributed by atoms with Crippen molar-refractivity contribution < 1.29 is 28.0 Å². The van der Waals surface area contributed by atoms with E-state index in [2.05, 4.69) is 15.8 Å². The first kappa shape index (κ1) is 20.7. The molecule has 1 heterocycles. The quantitative estimate of drug-likeness (QED) is 0.257. The van der Waals surface area contributed by atoms with Crippen LogP contribution in [-0.4, -0.2) is 34.1 Å². The van der Waals surface area contributed by atoms with Crippen LogP contribution in [0, 0.1) is 5.92 Å². The van der Waals surface area contributed by atoms with Crippen molar-refractivity contribution in [3.63, 3.8) is 0 Å². The molecule has 1 rings (SSSR count). The fourth-order valence-electron chi connectivity index (χ4n) is 2.10. The monoisotopic (exact) mass is 362 g/mol. The number of hydrogen-bond donors (Lipinski definition) is 3. The highest BCUT2D eigenvalue weighted by Gasteiger charge is 2.32. The van der Waals surface area contributed by atoms with Gasteiger partial charge in [0, 0.05) is 0 Å². The van der Waals surface area contributed by atoms with Crippen LogP contribution in [0.15, 0.2) is 18.2 Å². The fourth-order valence-corrected chi connectivity index (χ4v) is 2.10. The summed E-state index contributed by atoms with van der Waals surface area (Å²) in [5.74, 6) is -1.44. The number of rotatable bonds is 10. The third kappa shape index (κ3) is 7.38. The molecular weight excluding hydrogens is 341 g/mol. The molecular formula is C15H21F3N4O3. The van der Waals surface area contributed by atoms with Gasteiger partial charge in [-0.05, 0) is 18.6 Å². The molecule has 0 aromatic carbocycles. The number of alkyl halides is 3. The van der Waals surface area contributed by atoms with Crippen LogP contribution in [0.3, 0.4) is 0 Å². The maximum absolute atomic E-state index is 12.6. The lowest BCUT2D eigenvalue weighted by molar-refractivity contribution is -0.154. The Morgan fingerprint density at radius 1 is 1.40 bits per heavy atom. The zero-order chi connectivity index (χ0) is 18.9. The van der Waals surface area contributed by atoms with E-state index in [0.717, 1.165) is 25.0 Å². The molecule has 7 nitrogen and oxygen atoms in total. The number of anilines is 1. The number of amides is 2. The molecule has 0 bridgehead atoms. The number of nitrogens with one attached hydrogen (secondary N) is 2. The predicted molar refractivity (Wildman–Crippen MR) is 83.2 cm³/mol. The van der Waals surface area contributed by atoms with Crippen molar-refractivity contribution in [3.05, 3.63) is 23.9 Å². The molecule has 0 aliphatic carbocycles. The predicted octanol–water partition coefficient (Wildman–Crippen LogP) is 2.59. The number of carbonyl (C=O) groups is 2. The molecule has 1 aromatic rings. The maximum Gasteiger partial charge on any atom is 0.433 e. The average Bonchev–Trinajstić information content (AvgIpc) is 2.58. The Morgan fingerprint density at radius 2 is 2.12 bits per heavy atom. The lowest BCUT2D eigenvalue weighted by Gasteiger charge is -2.20. The van der Waals surface area contributed by atoms with Gasteiger partial charge in [-0.15, -0.1) is 0 Å². The first-order chi connectivity index (χ1) is 11.8. The molecule has 10 heteroatoms. The van der Waals surface area contributed by atoms with Gasteiger partial charge in [0.1, 0.15) is 11.5 Å². The van der Waals surface area contributed by atoms with Gasteiger partial charge in [0.2, 0.25) is 12.3 Å². The molecule has 0 spiro atoms. The topological polar surface area (TPSA) is 94.6 Å². The third-order valence-corrected chi connectivity index (χ3v) is 3.41. The first-order valence-corrected chi connectivity index (χ1v) is 7.78. The first-order valence-electron chi connectivity index (χ1n) is 7.78. The lowest BCUT2D eigenvalue weighted by Crippen LogP contribution is -2.40. The van der Waals surface area contributed by atoms with Gasteiger partial charge in [-0.2, -0.15) is 13.2 Å². The Morgan fingerprint density at radius 3 is 2.72 bits per heavy atom. The summed E-state index contributed by atoms with van der Waals surface area (Å²) >= 11 is 0. The Kier molecular flexibility index (Phi) is 8.12. The highest BCUT2D eigenvalue weighted by molar-refractivity contribution is 5.80. The number of aromatic nitrogens is 1. The molecule has 0 radical (unpaired) electrons. The smallest absolute Gasteiger partial charge is 0.286 e. The number of pyridine rings is 1. The molecule has 0 unspecified atom stereocenters. The summed E-state index contributed by atoms with van der Waals surface area (Å²) < 4.78 is 37.8. The molecule has 0 aliphatic rings. The minimum absolute atomic E-state index is 0.174. The number of halogens is 3. The number of hydrogen-bond acceptors (Lipinski definition) is 5. The van der Waals surface area contributed by atoms with Crippen LogP contribution in [0.1, 0.15) is 38.3 Å².